The van der Waals surface area contributed by atoms with Crippen molar-refractivity contribution in [2.75, 3.05) is 5.32 Å². The minimum atomic E-state index is -0.556. The number of amides is 2. The van der Waals surface area contributed by atoms with Gasteiger partial charge < -0.3 is 10.6 Å². The molecule has 114 valence electrons. The van der Waals surface area contributed by atoms with Crippen LogP contribution in [0.4, 0.5) is 10.1 Å². The summed E-state index contributed by atoms with van der Waals surface area (Å²) in [5, 5.41) is 5.42. The molecule has 2 amide bonds. The number of rotatable bonds is 4. The summed E-state index contributed by atoms with van der Waals surface area (Å²) >= 11 is 0. The Morgan fingerprint density at radius 1 is 1.09 bits per heavy atom. The van der Waals surface area contributed by atoms with Crippen LogP contribution < -0.4 is 10.6 Å². The van der Waals surface area contributed by atoms with Crippen LogP contribution in [0, 0.1) is 5.82 Å². The lowest BCUT2D eigenvalue weighted by Crippen LogP contribution is -2.27. The summed E-state index contributed by atoms with van der Waals surface area (Å²) in [6.45, 7) is 3.22. The minimum Gasteiger partial charge on any atom is -0.345 e. The highest BCUT2D eigenvalue weighted by Gasteiger charge is 2.14. The number of carbonyl (C=O) groups is 2. The van der Waals surface area contributed by atoms with Crippen molar-refractivity contribution >= 4 is 17.5 Å². The molecular formula is C17H17FN2O2. The molecule has 0 heterocycles. The number of nitrogens with one attached hydrogen (secondary N) is 2. The molecule has 2 rings (SSSR count). The van der Waals surface area contributed by atoms with E-state index in [0.717, 1.165) is 5.56 Å². The van der Waals surface area contributed by atoms with Crippen LogP contribution in [-0.4, -0.2) is 11.8 Å². The smallest absolute Gasteiger partial charge is 0.254 e. The Morgan fingerprint density at radius 3 is 2.50 bits per heavy atom. The fraction of sp³-hybridized carbons (Fsp3) is 0.176. The summed E-state index contributed by atoms with van der Waals surface area (Å²) < 4.78 is 13.6. The third kappa shape index (κ3) is 3.91. The lowest BCUT2D eigenvalue weighted by molar-refractivity contribution is -0.114. The second kappa shape index (κ2) is 6.85. The zero-order valence-corrected chi connectivity index (χ0v) is 12.4. The maximum Gasteiger partial charge on any atom is 0.254 e. The van der Waals surface area contributed by atoms with Crippen molar-refractivity contribution in [2.45, 2.75) is 19.9 Å². The number of hydrogen-bond donors (Lipinski definition) is 2. The van der Waals surface area contributed by atoms with Crippen molar-refractivity contribution in [3.63, 3.8) is 0 Å². The zero-order chi connectivity index (χ0) is 16.1. The molecule has 2 aromatic carbocycles. The molecule has 0 bridgehead atoms. The van der Waals surface area contributed by atoms with Crippen LogP contribution in [0.5, 0.6) is 0 Å². The first-order chi connectivity index (χ1) is 10.5. The van der Waals surface area contributed by atoms with E-state index in [1.54, 1.807) is 31.2 Å². The summed E-state index contributed by atoms with van der Waals surface area (Å²) in [4.78, 5) is 23.2. The second-order valence-corrected chi connectivity index (χ2v) is 4.98. The Morgan fingerprint density at radius 2 is 1.82 bits per heavy atom. The van der Waals surface area contributed by atoms with Crippen LogP contribution in [0.25, 0.3) is 0 Å². The molecule has 1 unspecified atom stereocenters. The summed E-state index contributed by atoms with van der Waals surface area (Å²) in [6, 6.07) is 12.7. The third-order valence-electron chi connectivity index (χ3n) is 3.17. The van der Waals surface area contributed by atoms with Gasteiger partial charge in [0.05, 0.1) is 11.6 Å². The third-order valence-corrected chi connectivity index (χ3v) is 3.17. The normalized spacial score (nSPS) is 11.6. The average molecular weight is 300 g/mol. The molecule has 0 aromatic heterocycles. The Bertz CT molecular complexity index is 701. The number of anilines is 1. The molecule has 0 spiro atoms. The van der Waals surface area contributed by atoms with E-state index in [1.807, 2.05) is 6.07 Å². The zero-order valence-electron chi connectivity index (χ0n) is 12.4. The molecular weight excluding hydrogens is 283 g/mol. The van der Waals surface area contributed by atoms with Crippen molar-refractivity contribution in [1.29, 1.82) is 0 Å². The summed E-state index contributed by atoms with van der Waals surface area (Å²) in [6.07, 6.45) is 0. The fourth-order valence-corrected chi connectivity index (χ4v) is 2.09. The first-order valence-electron chi connectivity index (χ1n) is 6.90. The van der Waals surface area contributed by atoms with Gasteiger partial charge in [-0.15, -0.1) is 0 Å². The Kier molecular flexibility index (Phi) is 4.88. The van der Waals surface area contributed by atoms with E-state index in [1.165, 1.54) is 25.1 Å². The van der Waals surface area contributed by atoms with Gasteiger partial charge in [0.25, 0.3) is 5.91 Å². The van der Waals surface area contributed by atoms with E-state index in [4.69, 9.17) is 0 Å². The van der Waals surface area contributed by atoms with Gasteiger partial charge in [0.2, 0.25) is 5.91 Å². The van der Waals surface area contributed by atoms with Gasteiger partial charge in [-0.1, -0.05) is 24.3 Å². The summed E-state index contributed by atoms with van der Waals surface area (Å²) in [5.74, 6) is -1.20. The predicted molar refractivity (Wildman–Crippen MR) is 83.0 cm³/mol. The van der Waals surface area contributed by atoms with E-state index in [0.29, 0.717) is 5.69 Å². The van der Waals surface area contributed by atoms with E-state index in [2.05, 4.69) is 10.6 Å². The van der Waals surface area contributed by atoms with E-state index >= 15 is 0 Å². The van der Waals surface area contributed by atoms with Gasteiger partial charge in [-0.3, -0.25) is 9.59 Å². The molecule has 4 nitrogen and oxygen atoms in total. The monoisotopic (exact) mass is 300 g/mol. The molecule has 5 heteroatoms. The van der Waals surface area contributed by atoms with Gasteiger partial charge in [0, 0.05) is 12.6 Å². The molecule has 0 aliphatic rings. The SMILES string of the molecule is CC(=O)Nc1cccc(C(C)NC(=O)c2ccccc2F)c1. The molecule has 1 atom stereocenters. The minimum absolute atomic E-state index is 0.00682. The van der Waals surface area contributed by atoms with E-state index in [-0.39, 0.29) is 17.5 Å². The number of halogens is 1. The van der Waals surface area contributed by atoms with E-state index in [9.17, 15) is 14.0 Å². The van der Waals surface area contributed by atoms with Crippen LogP contribution in [-0.2, 0) is 4.79 Å². The van der Waals surface area contributed by atoms with Gasteiger partial charge in [-0.25, -0.2) is 4.39 Å². The predicted octanol–water partition coefficient (Wildman–Crippen LogP) is 3.28. The summed E-state index contributed by atoms with van der Waals surface area (Å²) in [5.41, 5.74) is 1.47. The fourth-order valence-electron chi connectivity index (χ4n) is 2.09. The molecule has 22 heavy (non-hydrogen) atoms. The highest BCUT2D eigenvalue weighted by Crippen LogP contribution is 2.18. The first kappa shape index (κ1) is 15.7. The quantitative estimate of drug-likeness (QED) is 0.910. The van der Waals surface area contributed by atoms with Crippen molar-refractivity contribution in [2.24, 2.45) is 0 Å². The Labute approximate surface area is 128 Å². The number of benzene rings is 2. The molecule has 2 N–H and O–H groups in total. The van der Waals surface area contributed by atoms with Crippen molar-refractivity contribution in [3.05, 3.63) is 65.5 Å². The molecule has 2 aromatic rings. The molecule has 0 aliphatic carbocycles. The standard InChI is InChI=1S/C17H17FN2O2/c1-11(13-6-5-7-14(10-13)20-12(2)21)19-17(22)15-8-3-4-9-16(15)18/h3-11H,1-2H3,(H,19,22)(H,20,21). The number of hydrogen-bond acceptors (Lipinski definition) is 2. The van der Waals surface area contributed by atoms with Crippen molar-refractivity contribution in [3.8, 4) is 0 Å². The van der Waals surface area contributed by atoms with Crippen molar-refractivity contribution < 1.29 is 14.0 Å². The number of carbonyl (C=O) groups excluding carboxylic acids is 2. The molecule has 0 saturated heterocycles. The topological polar surface area (TPSA) is 58.2 Å². The van der Waals surface area contributed by atoms with Crippen LogP contribution in [0.1, 0.15) is 35.8 Å². The molecule has 0 radical (unpaired) electrons. The van der Waals surface area contributed by atoms with Gasteiger partial charge in [0.15, 0.2) is 0 Å². The van der Waals surface area contributed by atoms with Gasteiger partial charge >= 0.3 is 0 Å². The molecule has 0 fully saturated rings. The van der Waals surface area contributed by atoms with Gasteiger partial charge in [0.1, 0.15) is 5.82 Å². The van der Waals surface area contributed by atoms with Gasteiger partial charge in [-0.2, -0.15) is 0 Å². The highest BCUT2D eigenvalue weighted by atomic mass is 19.1. The lowest BCUT2D eigenvalue weighted by atomic mass is 10.1. The van der Waals surface area contributed by atoms with Crippen LogP contribution in [0.15, 0.2) is 48.5 Å². The van der Waals surface area contributed by atoms with Crippen LogP contribution >= 0.6 is 0 Å². The Balaban J connectivity index is 2.12. The maximum atomic E-state index is 13.6. The lowest BCUT2D eigenvalue weighted by Gasteiger charge is -2.16. The maximum absolute atomic E-state index is 13.6. The van der Waals surface area contributed by atoms with Crippen LogP contribution in [0.2, 0.25) is 0 Å². The highest BCUT2D eigenvalue weighted by molar-refractivity contribution is 5.94. The molecule has 0 aliphatic heterocycles. The first-order valence-corrected chi connectivity index (χ1v) is 6.90. The second-order valence-electron chi connectivity index (χ2n) is 4.98. The van der Waals surface area contributed by atoms with Gasteiger partial charge in [-0.05, 0) is 36.8 Å². The van der Waals surface area contributed by atoms with Crippen molar-refractivity contribution in [1.82, 2.24) is 5.32 Å². The summed E-state index contributed by atoms with van der Waals surface area (Å²) in [7, 11) is 0. The van der Waals surface area contributed by atoms with Crippen LogP contribution in [0.3, 0.4) is 0 Å². The van der Waals surface area contributed by atoms with E-state index < -0.39 is 11.7 Å². The molecule has 0 saturated carbocycles. The Hall–Kier alpha value is -2.69. The largest absolute Gasteiger partial charge is 0.345 e. The average Bonchev–Trinajstić information content (AvgIpc) is 2.47.